The highest BCUT2D eigenvalue weighted by atomic mass is 15.2. The van der Waals surface area contributed by atoms with E-state index in [1.807, 2.05) is 36.4 Å². The number of fused-ring (bicyclic) bond motifs is 1. The Hall–Kier alpha value is -2.79. The van der Waals surface area contributed by atoms with Crippen molar-refractivity contribution < 1.29 is 0 Å². The highest BCUT2D eigenvalue weighted by Gasteiger charge is 2.30. The van der Waals surface area contributed by atoms with Crippen LogP contribution in [0, 0.1) is 18.3 Å². The third-order valence-corrected chi connectivity index (χ3v) is 5.19. The summed E-state index contributed by atoms with van der Waals surface area (Å²) in [6, 6.07) is 16.7. The van der Waals surface area contributed by atoms with Gasteiger partial charge in [-0.2, -0.15) is 5.26 Å². The summed E-state index contributed by atoms with van der Waals surface area (Å²) in [5.74, 6) is 0. The highest BCUT2D eigenvalue weighted by Crippen LogP contribution is 2.40. The summed E-state index contributed by atoms with van der Waals surface area (Å²) >= 11 is 0. The van der Waals surface area contributed by atoms with Crippen LogP contribution in [-0.4, -0.2) is 12.1 Å². The summed E-state index contributed by atoms with van der Waals surface area (Å²) in [6.07, 6.45) is 4.35. The van der Waals surface area contributed by atoms with E-state index in [1.165, 1.54) is 22.4 Å². The summed E-state index contributed by atoms with van der Waals surface area (Å²) in [5, 5.41) is 9.63. The van der Waals surface area contributed by atoms with Crippen LogP contribution in [0.3, 0.4) is 0 Å². The second kappa shape index (κ2) is 6.84. The van der Waals surface area contributed by atoms with E-state index in [-0.39, 0.29) is 5.54 Å². The minimum atomic E-state index is 0.0114. The number of benzene rings is 2. The van der Waals surface area contributed by atoms with E-state index in [9.17, 15) is 5.26 Å². The number of likely N-dealkylation sites (N-methyl/N-ethyl adjacent to an activating group) is 1. The third-order valence-electron chi connectivity index (χ3n) is 5.19. The summed E-state index contributed by atoms with van der Waals surface area (Å²) in [4.78, 5) is 2.44. The third kappa shape index (κ3) is 3.18. The number of rotatable bonds is 3. The van der Waals surface area contributed by atoms with Gasteiger partial charge in [0, 0.05) is 17.8 Å². The molecule has 2 aromatic rings. The summed E-state index contributed by atoms with van der Waals surface area (Å²) in [7, 11) is 0. The van der Waals surface area contributed by atoms with Crippen LogP contribution >= 0.6 is 0 Å². The Balaban J connectivity index is 2.14. The van der Waals surface area contributed by atoms with Crippen molar-refractivity contribution in [3.05, 3.63) is 70.8 Å². The number of anilines is 1. The first-order chi connectivity index (χ1) is 12.4. The summed E-state index contributed by atoms with van der Waals surface area (Å²) in [6.45, 7) is 12.0. The fraction of sp³-hybridized carbons (Fsp3) is 0.292. The van der Waals surface area contributed by atoms with Crippen LogP contribution in [0.25, 0.3) is 17.2 Å². The largest absolute Gasteiger partial charge is 0.363 e. The molecule has 0 amide bonds. The highest BCUT2D eigenvalue weighted by molar-refractivity contribution is 5.92. The number of hydrogen-bond donors (Lipinski definition) is 0. The summed E-state index contributed by atoms with van der Waals surface area (Å²) < 4.78 is 0. The van der Waals surface area contributed by atoms with Gasteiger partial charge in [-0.05, 0) is 75.1 Å². The quantitative estimate of drug-likeness (QED) is 0.499. The zero-order valence-corrected chi connectivity index (χ0v) is 16.3. The first-order valence-corrected chi connectivity index (χ1v) is 9.16. The van der Waals surface area contributed by atoms with Crippen molar-refractivity contribution >= 4 is 22.9 Å². The first kappa shape index (κ1) is 18.0. The fourth-order valence-electron chi connectivity index (χ4n) is 3.93. The van der Waals surface area contributed by atoms with Gasteiger partial charge in [-0.1, -0.05) is 36.4 Å². The molecule has 1 aliphatic rings. The van der Waals surface area contributed by atoms with Gasteiger partial charge in [-0.25, -0.2) is 0 Å². The Bertz CT molecular complexity index is 925. The molecule has 0 spiro atoms. The van der Waals surface area contributed by atoms with E-state index in [4.69, 9.17) is 0 Å². The normalized spacial score (nSPS) is 15.9. The van der Waals surface area contributed by atoms with Crippen LogP contribution < -0.4 is 4.90 Å². The van der Waals surface area contributed by atoms with Crippen LogP contribution in [0.1, 0.15) is 49.9 Å². The van der Waals surface area contributed by atoms with Gasteiger partial charge in [0.15, 0.2) is 0 Å². The molecular formula is C24H26N2. The molecule has 0 fully saturated rings. The topological polar surface area (TPSA) is 27.0 Å². The van der Waals surface area contributed by atoms with Gasteiger partial charge < -0.3 is 4.90 Å². The maximum atomic E-state index is 9.63. The second-order valence-electron chi connectivity index (χ2n) is 7.49. The van der Waals surface area contributed by atoms with Gasteiger partial charge in [0.25, 0.3) is 0 Å². The van der Waals surface area contributed by atoms with Crippen LogP contribution in [0.2, 0.25) is 0 Å². The molecule has 0 atom stereocenters. The Morgan fingerprint density at radius 1 is 1.15 bits per heavy atom. The van der Waals surface area contributed by atoms with Crippen molar-refractivity contribution in [2.45, 2.75) is 40.2 Å². The Labute approximate surface area is 157 Å². The number of hydrogen-bond acceptors (Lipinski definition) is 2. The molecule has 0 bridgehead atoms. The molecule has 1 aliphatic heterocycles. The molecule has 0 saturated heterocycles. The van der Waals surface area contributed by atoms with Gasteiger partial charge in [0.2, 0.25) is 0 Å². The molecule has 3 rings (SSSR count). The Kier molecular flexibility index (Phi) is 4.74. The molecule has 2 heteroatoms. The van der Waals surface area contributed by atoms with Crippen LogP contribution in [0.5, 0.6) is 0 Å². The number of allylic oxidation sites excluding steroid dienone is 2. The van der Waals surface area contributed by atoms with E-state index in [0.717, 1.165) is 17.7 Å². The molecule has 2 aromatic carbocycles. The molecule has 2 nitrogen and oxygen atoms in total. The van der Waals surface area contributed by atoms with Crippen molar-refractivity contribution in [1.29, 1.82) is 5.26 Å². The molecule has 0 radical (unpaired) electrons. The lowest BCUT2D eigenvalue weighted by Gasteiger charge is -2.43. The van der Waals surface area contributed by atoms with Gasteiger partial charge in [-0.3, -0.25) is 0 Å². The standard InChI is InChI=1S/C24H26N2/c1-6-26-23-12-17(2)20(14-22(23)18(3)15-24(26,4)5)13-21(16-25)19-10-8-7-9-11-19/h7-15H,6H2,1-5H3/b21-13+. The van der Waals surface area contributed by atoms with E-state index < -0.39 is 0 Å². The number of aryl methyl sites for hydroxylation is 1. The van der Waals surface area contributed by atoms with Crippen molar-refractivity contribution in [3.8, 4) is 6.07 Å². The van der Waals surface area contributed by atoms with Crippen LogP contribution in [0.15, 0.2) is 48.5 Å². The van der Waals surface area contributed by atoms with Crippen LogP contribution in [-0.2, 0) is 0 Å². The van der Waals surface area contributed by atoms with Gasteiger partial charge in [0.05, 0.1) is 17.2 Å². The van der Waals surface area contributed by atoms with Crippen molar-refractivity contribution in [1.82, 2.24) is 0 Å². The van der Waals surface area contributed by atoms with E-state index in [0.29, 0.717) is 5.57 Å². The molecule has 0 unspecified atom stereocenters. The van der Waals surface area contributed by atoms with Crippen molar-refractivity contribution in [2.75, 3.05) is 11.4 Å². The molecular weight excluding hydrogens is 316 g/mol. The number of nitriles is 1. The lowest BCUT2D eigenvalue weighted by atomic mass is 9.86. The average molecular weight is 342 g/mol. The smallest absolute Gasteiger partial charge is 0.0998 e. The van der Waals surface area contributed by atoms with Gasteiger partial charge in [0.1, 0.15) is 0 Å². The van der Waals surface area contributed by atoms with Gasteiger partial charge in [-0.15, -0.1) is 0 Å². The van der Waals surface area contributed by atoms with Crippen molar-refractivity contribution in [2.24, 2.45) is 0 Å². The monoisotopic (exact) mass is 342 g/mol. The number of nitrogens with zero attached hydrogens (tertiary/aromatic N) is 2. The Morgan fingerprint density at radius 2 is 1.85 bits per heavy atom. The molecule has 26 heavy (non-hydrogen) atoms. The predicted molar refractivity (Wildman–Crippen MR) is 112 cm³/mol. The molecule has 0 aliphatic carbocycles. The predicted octanol–water partition coefficient (Wildman–Crippen LogP) is 6.08. The minimum absolute atomic E-state index is 0.0114. The second-order valence-corrected chi connectivity index (χ2v) is 7.49. The maximum Gasteiger partial charge on any atom is 0.0998 e. The fourth-order valence-corrected chi connectivity index (χ4v) is 3.93. The maximum absolute atomic E-state index is 9.63. The van der Waals surface area contributed by atoms with E-state index in [2.05, 4.69) is 63.8 Å². The average Bonchev–Trinajstić information content (AvgIpc) is 2.60. The SMILES string of the molecule is CCN1c2cc(C)c(/C=C(\C#N)c3ccccc3)cc2C(C)=CC1(C)C. The van der Waals surface area contributed by atoms with E-state index >= 15 is 0 Å². The lowest BCUT2D eigenvalue weighted by molar-refractivity contribution is 0.566. The molecule has 0 aromatic heterocycles. The molecule has 132 valence electrons. The summed E-state index contributed by atoms with van der Waals surface area (Å²) in [5.41, 5.74) is 7.79. The van der Waals surface area contributed by atoms with Crippen molar-refractivity contribution in [3.63, 3.8) is 0 Å². The van der Waals surface area contributed by atoms with E-state index in [1.54, 1.807) is 0 Å². The molecule has 0 N–H and O–H groups in total. The lowest BCUT2D eigenvalue weighted by Crippen LogP contribution is -2.44. The minimum Gasteiger partial charge on any atom is -0.363 e. The molecule has 1 heterocycles. The zero-order valence-electron chi connectivity index (χ0n) is 16.3. The van der Waals surface area contributed by atoms with Gasteiger partial charge >= 0.3 is 0 Å². The Morgan fingerprint density at radius 3 is 2.46 bits per heavy atom. The zero-order chi connectivity index (χ0) is 18.9. The van der Waals surface area contributed by atoms with Crippen LogP contribution in [0.4, 0.5) is 5.69 Å². The first-order valence-electron chi connectivity index (χ1n) is 9.16. The molecule has 0 saturated carbocycles.